The van der Waals surface area contributed by atoms with Crippen LogP contribution in [0.25, 0.3) is 0 Å². The number of amides is 1. The number of hydrogen-bond donors (Lipinski definition) is 2. The van der Waals surface area contributed by atoms with Gasteiger partial charge in [0.05, 0.1) is 23.3 Å². The van der Waals surface area contributed by atoms with Crippen molar-refractivity contribution < 1.29 is 13.6 Å². The van der Waals surface area contributed by atoms with Crippen molar-refractivity contribution in [2.45, 2.75) is 6.42 Å². The molecule has 0 fully saturated rings. The molecule has 0 spiro atoms. The van der Waals surface area contributed by atoms with Crippen molar-refractivity contribution in [2.75, 3.05) is 10.6 Å². The van der Waals surface area contributed by atoms with Gasteiger partial charge < -0.3 is 10.6 Å². The maximum absolute atomic E-state index is 13.2. The lowest BCUT2D eigenvalue weighted by atomic mass is 10.1. The SMILES string of the molecule is O=C(Cc1cccc(F)c1)Nc1ccc(Nc2ccc(F)c(Cl)c2)cn1. The number of carbonyl (C=O) groups is 1. The molecular formula is C19H14ClF2N3O. The van der Waals surface area contributed by atoms with Gasteiger partial charge in [0, 0.05) is 5.69 Å². The molecule has 26 heavy (non-hydrogen) atoms. The van der Waals surface area contributed by atoms with Gasteiger partial charge >= 0.3 is 0 Å². The summed E-state index contributed by atoms with van der Waals surface area (Å²) in [6, 6.07) is 13.5. The quantitative estimate of drug-likeness (QED) is 0.666. The van der Waals surface area contributed by atoms with Crippen LogP contribution < -0.4 is 10.6 Å². The highest BCUT2D eigenvalue weighted by atomic mass is 35.5. The third-order valence-corrected chi connectivity index (χ3v) is 3.78. The van der Waals surface area contributed by atoms with Crippen molar-refractivity contribution in [1.29, 1.82) is 0 Å². The largest absolute Gasteiger partial charge is 0.354 e. The fourth-order valence-electron chi connectivity index (χ4n) is 2.30. The molecule has 0 aliphatic rings. The highest BCUT2D eigenvalue weighted by Gasteiger charge is 2.06. The molecule has 7 heteroatoms. The average Bonchev–Trinajstić information content (AvgIpc) is 2.60. The van der Waals surface area contributed by atoms with Crippen molar-refractivity contribution in [1.82, 2.24) is 4.98 Å². The summed E-state index contributed by atoms with van der Waals surface area (Å²) in [6.45, 7) is 0. The number of aromatic nitrogens is 1. The average molecular weight is 374 g/mol. The van der Waals surface area contributed by atoms with Crippen LogP contribution in [0.1, 0.15) is 5.56 Å². The van der Waals surface area contributed by atoms with E-state index < -0.39 is 5.82 Å². The molecule has 0 aliphatic carbocycles. The van der Waals surface area contributed by atoms with Crippen LogP contribution in [0, 0.1) is 11.6 Å². The van der Waals surface area contributed by atoms with E-state index in [2.05, 4.69) is 15.6 Å². The van der Waals surface area contributed by atoms with Crippen molar-refractivity contribution in [2.24, 2.45) is 0 Å². The van der Waals surface area contributed by atoms with Gasteiger partial charge in [-0.25, -0.2) is 13.8 Å². The predicted octanol–water partition coefficient (Wildman–Crippen LogP) is 4.94. The van der Waals surface area contributed by atoms with Crippen LogP contribution in [0.3, 0.4) is 0 Å². The molecule has 1 amide bonds. The van der Waals surface area contributed by atoms with E-state index in [9.17, 15) is 13.6 Å². The van der Waals surface area contributed by atoms with E-state index in [4.69, 9.17) is 11.6 Å². The van der Waals surface area contributed by atoms with Crippen LogP contribution in [-0.4, -0.2) is 10.9 Å². The van der Waals surface area contributed by atoms with Crippen LogP contribution in [0.4, 0.5) is 26.0 Å². The molecule has 0 saturated carbocycles. The first kappa shape index (κ1) is 17.8. The number of halogens is 3. The highest BCUT2D eigenvalue weighted by Crippen LogP contribution is 2.22. The Bertz CT molecular complexity index is 932. The number of hydrogen-bond acceptors (Lipinski definition) is 3. The molecule has 1 aromatic heterocycles. The standard InChI is InChI=1S/C19H14ClF2N3O/c20-16-10-14(4-6-17(16)22)24-15-5-7-18(23-11-15)25-19(26)9-12-2-1-3-13(21)8-12/h1-8,10-11,24H,9H2,(H,23,25,26). The molecule has 2 N–H and O–H groups in total. The van der Waals surface area contributed by atoms with Crippen LogP contribution in [0.15, 0.2) is 60.8 Å². The third-order valence-electron chi connectivity index (χ3n) is 3.49. The van der Waals surface area contributed by atoms with Gasteiger partial charge in [-0.1, -0.05) is 23.7 Å². The van der Waals surface area contributed by atoms with Crippen molar-refractivity contribution >= 4 is 34.7 Å². The molecule has 0 radical (unpaired) electrons. The molecule has 4 nitrogen and oxygen atoms in total. The molecule has 0 saturated heterocycles. The van der Waals surface area contributed by atoms with Gasteiger partial charge in [-0.15, -0.1) is 0 Å². The Kier molecular flexibility index (Phi) is 5.43. The van der Waals surface area contributed by atoms with E-state index in [-0.39, 0.29) is 23.2 Å². The summed E-state index contributed by atoms with van der Waals surface area (Å²) in [7, 11) is 0. The van der Waals surface area contributed by atoms with Crippen LogP contribution in [-0.2, 0) is 11.2 Å². The molecule has 2 aromatic carbocycles. The molecule has 1 heterocycles. The number of anilines is 3. The van der Waals surface area contributed by atoms with E-state index in [0.717, 1.165) is 0 Å². The van der Waals surface area contributed by atoms with Gasteiger partial charge in [-0.3, -0.25) is 4.79 Å². The molecule has 0 bridgehead atoms. The van der Waals surface area contributed by atoms with Crippen LogP contribution in [0.2, 0.25) is 5.02 Å². The highest BCUT2D eigenvalue weighted by molar-refractivity contribution is 6.31. The zero-order chi connectivity index (χ0) is 18.5. The number of nitrogens with one attached hydrogen (secondary N) is 2. The van der Waals surface area contributed by atoms with Crippen molar-refractivity contribution in [3.05, 3.63) is 83.0 Å². The molecule has 0 aliphatic heterocycles. The second-order valence-corrected chi connectivity index (χ2v) is 5.95. The smallest absolute Gasteiger partial charge is 0.229 e. The summed E-state index contributed by atoms with van der Waals surface area (Å²) in [6.07, 6.45) is 1.57. The lowest BCUT2D eigenvalue weighted by Crippen LogP contribution is -2.15. The maximum Gasteiger partial charge on any atom is 0.229 e. The topological polar surface area (TPSA) is 54.0 Å². The van der Waals surface area contributed by atoms with Crippen LogP contribution >= 0.6 is 11.6 Å². The Balaban J connectivity index is 1.60. The lowest BCUT2D eigenvalue weighted by Gasteiger charge is -2.09. The summed E-state index contributed by atoms with van der Waals surface area (Å²) in [5.74, 6) is -0.806. The first-order chi connectivity index (χ1) is 12.5. The summed E-state index contributed by atoms with van der Waals surface area (Å²) >= 11 is 5.74. The Morgan fingerprint density at radius 1 is 1.04 bits per heavy atom. The molecule has 0 unspecified atom stereocenters. The number of nitrogens with zero attached hydrogens (tertiary/aromatic N) is 1. The minimum absolute atomic E-state index is 0.0178. The van der Waals surface area contributed by atoms with E-state index in [1.165, 1.54) is 30.5 Å². The van der Waals surface area contributed by atoms with Crippen molar-refractivity contribution in [3.63, 3.8) is 0 Å². The van der Waals surface area contributed by atoms with Crippen LogP contribution in [0.5, 0.6) is 0 Å². The van der Waals surface area contributed by atoms with Gasteiger partial charge in [0.2, 0.25) is 5.91 Å². The van der Waals surface area contributed by atoms with Gasteiger partial charge in [0.15, 0.2) is 0 Å². The summed E-state index contributed by atoms with van der Waals surface area (Å²) in [5, 5.41) is 5.69. The Hall–Kier alpha value is -2.99. The second kappa shape index (κ2) is 7.93. The number of pyridine rings is 1. The Labute approximate surface area is 153 Å². The fourth-order valence-corrected chi connectivity index (χ4v) is 2.48. The van der Waals surface area contributed by atoms with E-state index in [0.29, 0.717) is 22.8 Å². The molecule has 3 aromatic rings. The van der Waals surface area contributed by atoms with Gasteiger partial charge in [-0.05, 0) is 48.0 Å². The number of carbonyl (C=O) groups excluding carboxylic acids is 1. The number of benzene rings is 2. The van der Waals surface area contributed by atoms with Gasteiger partial charge in [0.1, 0.15) is 17.5 Å². The number of rotatable bonds is 5. The van der Waals surface area contributed by atoms with Crippen molar-refractivity contribution in [3.8, 4) is 0 Å². The fraction of sp³-hybridized carbons (Fsp3) is 0.0526. The third kappa shape index (κ3) is 4.77. The normalized spacial score (nSPS) is 10.4. The predicted molar refractivity (Wildman–Crippen MR) is 97.7 cm³/mol. The summed E-state index contributed by atoms with van der Waals surface area (Å²) in [4.78, 5) is 16.1. The van der Waals surface area contributed by atoms with E-state index in [1.807, 2.05) is 0 Å². The van der Waals surface area contributed by atoms with E-state index >= 15 is 0 Å². The maximum atomic E-state index is 13.2. The molecule has 132 valence electrons. The zero-order valence-electron chi connectivity index (χ0n) is 13.5. The minimum Gasteiger partial charge on any atom is -0.354 e. The lowest BCUT2D eigenvalue weighted by molar-refractivity contribution is -0.115. The zero-order valence-corrected chi connectivity index (χ0v) is 14.2. The minimum atomic E-state index is -0.494. The first-order valence-electron chi connectivity index (χ1n) is 7.72. The molecule has 0 atom stereocenters. The Morgan fingerprint density at radius 2 is 1.85 bits per heavy atom. The molecule has 3 rings (SSSR count). The van der Waals surface area contributed by atoms with Gasteiger partial charge in [0.25, 0.3) is 0 Å². The monoisotopic (exact) mass is 373 g/mol. The summed E-state index contributed by atoms with van der Waals surface area (Å²) in [5.41, 5.74) is 1.84. The van der Waals surface area contributed by atoms with Gasteiger partial charge in [-0.2, -0.15) is 0 Å². The molecular weight excluding hydrogens is 360 g/mol. The Morgan fingerprint density at radius 3 is 2.54 bits per heavy atom. The van der Waals surface area contributed by atoms with E-state index in [1.54, 1.807) is 30.3 Å². The summed E-state index contributed by atoms with van der Waals surface area (Å²) < 4.78 is 26.3. The first-order valence-corrected chi connectivity index (χ1v) is 8.10. The second-order valence-electron chi connectivity index (χ2n) is 5.54.